The van der Waals surface area contributed by atoms with Gasteiger partial charge < -0.3 is 5.11 Å². The van der Waals surface area contributed by atoms with Crippen molar-refractivity contribution >= 4 is 10.9 Å². The lowest BCUT2D eigenvalue weighted by Crippen LogP contribution is -2.03. The number of aromatic nitrogens is 1. The Balaban J connectivity index is 2.17. The molecule has 1 aromatic heterocycles. The topological polar surface area (TPSA) is 33.1 Å². The van der Waals surface area contributed by atoms with Gasteiger partial charge in [0.1, 0.15) is 11.9 Å². The van der Waals surface area contributed by atoms with E-state index in [-0.39, 0.29) is 5.82 Å². The lowest BCUT2D eigenvalue weighted by molar-refractivity contribution is 0.220. The zero-order valence-corrected chi connectivity index (χ0v) is 11.0. The number of fused-ring (bicyclic) bond motifs is 1. The molecule has 1 unspecified atom stereocenters. The third-order valence-electron chi connectivity index (χ3n) is 3.51. The molecule has 3 aromatic rings. The van der Waals surface area contributed by atoms with Crippen LogP contribution in [0.25, 0.3) is 10.9 Å². The number of hydrogen-bond donors (Lipinski definition) is 1. The average molecular weight is 267 g/mol. The summed E-state index contributed by atoms with van der Waals surface area (Å²) in [5.41, 5.74) is 3.00. The average Bonchev–Trinajstić information content (AvgIpc) is 2.48. The van der Waals surface area contributed by atoms with Crippen molar-refractivity contribution in [3.8, 4) is 0 Å². The second-order valence-corrected chi connectivity index (χ2v) is 4.82. The van der Waals surface area contributed by atoms with E-state index in [4.69, 9.17) is 0 Å². The van der Waals surface area contributed by atoms with Gasteiger partial charge in [-0.25, -0.2) is 4.39 Å². The summed E-state index contributed by atoms with van der Waals surface area (Å²) in [6.45, 7) is 1.86. The van der Waals surface area contributed by atoms with Gasteiger partial charge in [-0.05, 0) is 47.9 Å². The van der Waals surface area contributed by atoms with E-state index in [1.165, 1.54) is 12.1 Å². The van der Waals surface area contributed by atoms with E-state index in [0.717, 1.165) is 22.0 Å². The maximum atomic E-state index is 13.4. The molecule has 0 aliphatic rings. The van der Waals surface area contributed by atoms with Crippen molar-refractivity contribution in [3.05, 3.63) is 77.2 Å². The number of aliphatic hydroxyl groups excluding tert-OH is 1. The minimum Gasteiger partial charge on any atom is -0.384 e. The van der Waals surface area contributed by atoms with Gasteiger partial charge in [-0.3, -0.25) is 4.98 Å². The second-order valence-electron chi connectivity index (χ2n) is 4.82. The molecule has 1 atom stereocenters. The molecule has 0 aliphatic heterocycles. The van der Waals surface area contributed by atoms with Gasteiger partial charge in [-0.2, -0.15) is 0 Å². The summed E-state index contributed by atoms with van der Waals surface area (Å²) in [7, 11) is 0. The van der Waals surface area contributed by atoms with Gasteiger partial charge in [0, 0.05) is 11.6 Å². The van der Waals surface area contributed by atoms with Gasteiger partial charge in [-0.1, -0.05) is 24.3 Å². The van der Waals surface area contributed by atoms with Gasteiger partial charge >= 0.3 is 0 Å². The zero-order chi connectivity index (χ0) is 14.1. The number of pyridine rings is 1. The van der Waals surface area contributed by atoms with Crippen LogP contribution in [0.15, 0.2) is 54.7 Å². The highest BCUT2D eigenvalue weighted by Gasteiger charge is 2.16. The van der Waals surface area contributed by atoms with Gasteiger partial charge in [0.05, 0.1) is 5.52 Å². The quantitative estimate of drug-likeness (QED) is 0.766. The molecular weight excluding hydrogens is 253 g/mol. The molecule has 3 heteroatoms. The van der Waals surface area contributed by atoms with E-state index < -0.39 is 6.10 Å². The fraction of sp³-hybridized carbons (Fsp3) is 0.118. The third-order valence-corrected chi connectivity index (χ3v) is 3.51. The van der Waals surface area contributed by atoms with Gasteiger partial charge in [0.25, 0.3) is 0 Å². The van der Waals surface area contributed by atoms with Crippen LogP contribution < -0.4 is 0 Å². The predicted octanol–water partition coefficient (Wildman–Crippen LogP) is 3.76. The first-order valence-corrected chi connectivity index (χ1v) is 6.44. The van der Waals surface area contributed by atoms with E-state index in [2.05, 4.69) is 4.98 Å². The number of nitrogens with zero attached hydrogens (tertiary/aromatic N) is 1. The standard InChI is InChI=1S/C17H14FNO/c1-11-7-8-12(18)10-15(11)17(20)14-4-2-6-16-13(14)5-3-9-19-16/h2-10,17,20H,1H3. The Labute approximate surface area is 116 Å². The maximum Gasteiger partial charge on any atom is 0.123 e. The molecule has 0 radical (unpaired) electrons. The van der Waals surface area contributed by atoms with Gasteiger partial charge in [0.15, 0.2) is 0 Å². The molecule has 3 rings (SSSR count). The van der Waals surface area contributed by atoms with Crippen molar-refractivity contribution in [1.29, 1.82) is 0 Å². The lowest BCUT2D eigenvalue weighted by atomic mass is 9.94. The van der Waals surface area contributed by atoms with Crippen molar-refractivity contribution in [2.45, 2.75) is 13.0 Å². The SMILES string of the molecule is Cc1ccc(F)cc1C(O)c1cccc2ncccc12. The van der Waals surface area contributed by atoms with Crippen LogP contribution in [-0.2, 0) is 0 Å². The Morgan fingerprint density at radius 3 is 2.75 bits per heavy atom. The van der Waals surface area contributed by atoms with Crippen molar-refractivity contribution in [2.24, 2.45) is 0 Å². The molecule has 0 amide bonds. The monoisotopic (exact) mass is 267 g/mol. The van der Waals surface area contributed by atoms with Crippen LogP contribution in [0.1, 0.15) is 22.8 Å². The van der Waals surface area contributed by atoms with Crippen LogP contribution in [-0.4, -0.2) is 10.1 Å². The summed E-state index contributed by atoms with van der Waals surface area (Å²) in [4.78, 5) is 4.27. The predicted molar refractivity (Wildman–Crippen MR) is 76.9 cm³/mol. The van der Waals surface area contributed by atoms with Crippen LogP contribution in [0.2, 0.25) is 0 Å². The van der Waals surface area contributed by atoms with Crippen LogP contribution in [0.5, 0.6) is 0 Å². The maximum absolute atomic E-state index is 13.4. The van der Waals surface area contributed by atoms with Crippen molar-refractivity contribution in [2.75, 3.05) is 0 Å². The fourth-order valence-corrected chi connectivity index (χ4v) is 2.44. The molecule has 0 bridgehead atoms. The molecule has 0 spiro atoms. The molecule has 100 valence electrons. The Morgan fingerprint density at radius 2 is 1.90 bits per heavy atom. The minimum absolute atomic E-state index is 0.344. The lowest BCUT2D eigenvalue weighted by Gasteiger charge is -2.16. The smallest absolute Gasteiger partial charge is 0.123 e. The summed E-state index contributed by atoms with van der Waals surface area (Å²) in [5.74, 6) is -0.344. The number of aliphatic hydroxyl groups is 1. The van der Waals surface area contributed by atoms with Crippen LogP contribution in [0.3, 0.4) is 0 Å². The van der Waals surface area contributed by atoms with E-state index in [9.17, 15) is 9.50 Å². The first kappa shape index (κ1) is 12.8. The normalized spacial score (nSPS) is 12.6. The molecule has 0 saturated heterocycles. The third kappa shape index (κ3) is 2.17. The molecule has 0 saturated carbocycles. The Hall–Kier alpha value is -2.26. The number of benzene rings is 2. The highest BCUT2D eigenvalue weighted by molar-refractivity contribution is 5.82. The van der Waals surface area contributed by atoms with Crippen molar-refractivity contribution in [3.63, 3.8) is 0 Å². The summed E-state index contributed by atoms with van der Waals surface area (Å²) < 4.78 is 13.4. The number of aryl methyl sites for hydroxylation is 1. The van der Waals surface area contributed by atoms with Gasteiger partial charge in [0.2, 0.25) is 0 Å². The summed E-state index contributed by atoms with van der Waals surface area (Å²) >= 11 is 0. The Kier molecular flexibility index (Phi) is 3.20. The van der Waals surface area contributed by atoms with Crippen LogP contribution in [0.4, 0.5) is 4.39 Å². The highest BCUT2D eigenvalue weighted by Crippen LogP contribution is 2.30. The molecule has 0 fully saturated rings. The Bertz CT molecular complexity index is 765. The van der Waals surface area contributed by atoms with Crippen LogP contribution >= 0.6 is 0 Å². The van der Waals surface area contributed by atoms with Gasteiger partial charge in [-0.15, -0.1) is 0 Å². The first-order valence-electron chi connectivity index (χ1n) is 6.44. The van der Waals surface area contributed by atoms with E-state index in [1.54, 1.807) is 12.3 Å². The van der Waals surface area contributed by atoms with Crippen LogP contribution in [0, 0.1) is 12.7 Å². The highest BCUT2D eigenvalue weighted by atomic mass is 19.1. The molecule has 2 nitrogen and oxygen atoms in total. The summed E-state index contributed by atoms with van der Waals surface area (Å²) in [5, 5.41) is 11.5. The second kappa shape index (κ2) is 5.02. The van der Waals surface area contributed by atoms with E-state index in [1.807, 2.05) is 37.3 Å². The molecular formula is C17H14FNO. The van der Waals surface area contributed by atoms with E-state index >= 15 is 0 Å². The minimum atomic E-state index is -0.862. The zero-order valence-electron chi connectivity index (χ0n) is 11.0. The number of rotatable bonds is 2. The first-order chi connectivity index (χ1) is 9.66. The van der Waals surface area contributed by atoms with Crippen molar-refractivity contribution in [1.82, 2.24) is 4.98 Å². The largest absolute Gasteiger partial charge is 0.384 e. The molecule has 2 aromatic carbocycles. The summed E-state index contributed by atoms with van der Waals surface area (Å²) in [6.07, 6.45) is 0.852. The molecule has 20 heavy (non-hydrogen) atoms. The number of hydrogen-bond acceptors (Lipinski definition) is 2. The fourth-order valence-electron chi connectivity index (χ4n) is 2.44. The summed E-state index contributed by atoms with van der Waals surface area (Å²) in [6, 6.07) is 13.8. The molecule has 0 aliphatic carbocycles. The Morgan fingerprint density at radius 1 is 1.05 bits per heavy atom. The van der Waals surface area contributed by atoms with E-state index in [0.29, 0.717) is 5.56 Å². The number of halogens is 1. The molecule has 1 N–H and O–H groups in total. The van der Waals surface area contributed by atoms with Crippen molar-refractivity contribution < 1.29 is 9.50 Å². The molecule has 1 heterocycles.